The third kappa shape index (κ3) is 5.58. The minimum atomic E-state index is 0.0857. The summed E-state index contributed by atoms with van der Waals surface area (Å²) < 4.78 is 29.6. The quantitative estimate of drug-likeness (QED) is 0.538. The van der Waals surface area contributed by atoms with E-state index in [0.29, 0.717) is 48.7 Å². The van der Waals surface area contributed by atoms with Gasteiger partial charge in [0.1, 0.15) is 36.6 Å². The van der Waals surface area contributed by atoms with E-state index in [-0.39, 0.29) is 12.9 Å². The fraction of sp³-hybridized carbons (Fsp3) is 0.519. The number of hydrazine groups is 1. The van der Waals surface area contributed by atoms with Crippen LogP contribution in [0.2, 0.25) is 5.02 Å². The molecule has 2 aromatic carbocycles. The Morgan fingerprint density at radius 2 is 1.95 bits per heavy atom. The first-order chi connectivity index (χ1) is 18.6. The van der Waals surface area contributed by atoms with Gasteiger partial charge in [-0.25, -0.2) is 0 Å². The van der Waals surface area contributed by atoms with Gasteiger partial charge in [0.2, 0.25) is 6.79 Å². The molecule has 10 nitrogen and oxygen atoms in total. The standard InChI is InChI=1S/C27H34ClN5O5/c1-31-6-8-32(9-7-31)10-13-35-20-14-23-21(25(15-20)38-19-4-11-34-12-5-19)16-29-17-33(23)30-26-22(28)2-3-24-27(26)37-18-36-24/h2-3,14-16,19,30H,4-13,17-18H2,1H3. The van der Waals surface area contributed by atoms with Gasteiger partial charge < -0.3 is 28.6 Å². The first kappa shape index (κ1) is 25.4. The number of hydrogen-bond donors (Lipinski definition) is 1. The normalized spacial score (nSPS) is 19.9. The van der Waals surface area contributed by atoms with Gasteiger partial charge in [-0.05, 0) is 19.2 Å². The number of nitrogens with one attached hydrogen (secondary N) is 1. The lowest BCUT2D eigenvalue weighted by atomic mass is 10.1. The summed E-state index contributed by atoms with van der Waals surface area (Å²) >= 11 is 6.56. The number of ether oxygens (including phenoxy) is 5. The summed E-state index contributed by atoms with van der Waals surface area (Å²) in [5.41, 5.74) is 5.84. The second kappa shape index (κ2) is 11.4. The fourth-order valence-corrected chi connectivity index (χ4v) is 5.22. The molecule has 0 saturated carbocycles. The molecule has 0 bridgehead atoms. The summed E-state index contributed by atoms with van der Waals surface area (Å²) in [7, 11) is 2.17. The van der Waals surface area contributed by atoms with Crippen LogP contribution in [0, 0.1) is 0 Å². The Morgan fingerprint density at radius 1 is 1.11 bits per heavy atom. The average Bonchev–Trinajstić information content (AvgIpc) is 3.42. The van der Waals surface area contributed by atoms with Crippen molar-refractivity contribution in [1.29, 1.82) is 0 Å². The summed E-state index contributed by atoms with van der Waals surface area (Å²) in [6, 6.07) is 7.62. The van der Waals surface area contributed by atoms with Gasteiger partial charge in [-0.2, -0.15) is 0 Å². The number of aliphatic imine (C=N–C) groups is 1. The molecule has 11 heteroatoms. The summed E-state index contributed by atoms with van der Waals surface area (Å²) in [5, 5.41) is 2.46. The second-order valence-electron chi connectivity index (χ2n) is 9.93. The van der Waals surface area contributed by atoms with Gasteiger partial charge in [-0.1, -0.05) is 11.6 Å². The van der Waals surface area contributed by atoms with Crippen LogP contribution in [0.15, 0.2) is 29.3 Å². The van der Waals surface area contributed by atoms with Crippen LogP contribution in [0.3, 0.4) is 0 Å². The summed E-state index contributed by atoms with van der Waals surface area (Å²) in [5.74, 6) is 2.75. The van der Waals surface area contributed by atoms with Crippen molar-refractivity contribution >= 4 is 29.2 Å². The first-order valence-corrected chi connectivity index (χ1v) is 13.6. The Hall–Kier alpha value is -2.92. The van der Waals surface area contributed by atoms with Crippen LogP contribution < -0.4 is 29.4 Å². The molecule has 0 atom stereocenters. The summed E-state index contributed by atoms with van der Waals surface area (Å²) in [6.07, 6.45) is 3.66. The molecule has 4 aliphatic rings. The highest BCUT2D eigenvalue weighted by molar-refractivity contribution is 6.33. The zero-order valence-corrected chi connectivity index (χ0v) is 22.4. The van der Waals surface area contributed by atoms with Gasteiger partial charge in [0.15, 0.2) is 11.5 Å². The lowest BCUT2D eigenvalue weighted by Crippen LogP contribution is -2.45. The molecule has 204 valence electrons. The number of rotatable bonds is 8. The molecule has 0 amide bonds. The van der Waals surface area contributed by atoms with Crippen LogP contribution in [0.4, 0.5) is 11.4 Å². The molecule has 4 aliphatic heterocycles. The first-order valence-electron chi connectivity index (χ1n) is 13.2. The predicted molar refractivity (Wildman–Crippen MR) is 146 cm³/mol. The number of fused-ring (bicyclic) bond motifs is 2. The molecular formula is C27H34ClN5O5. The largest absolute Gasteiger partial charge is 0.492 e. The van der Waals surface area contributed by atoms with E-state index in [1.54, 1.807) is 6.07 Å². The van der Waals surface area contributed by atoms with Crippen molar-refractivity contribution in [2.75, 3.05) is 83.5 Å². The molecule has 38 heavy (non-hydrogen) atoms. The minimum absolute atomic E-state index is 0.0857. The summed E-state index contributed by atoms with van der Waals surface area (Å²) in [4.78, 5) is 9.40. The Labute approximate surface area is 228 Å². The van der Waals surface area contributed by atoms with Crippen molar-refractivity contribution in [3.05, 3.63) is 34.9 Å². The molecule has 2 aromatic rings. The SMILES string of the molecule is CN1CCN(CCOc2cc(OC3CCOCC3)c3c(c2)N(Nc2c(Cl)ccc4c2OCO4)CN=C3)CC1. The van der Waals surface area contributed by atoms with E-state index >= 15 is 0 Å². The Kier molecular flexibility index (Phi) is 7.64. The Balaban J connectivity index is 1.25. The van der Waals surface area contributed by atoms with E-state index < -0.39 is 0 Å². The van der Waals surface area contributed by atoms with Gasteiger partial charge in [0, 0.05) is 63.9 Å². The van der Waals surface area contributed by atoms with Crippen LogP contribution in [0.5, 0.6) is 23.0 Å². The van der Waals surface area contributed by atoms with Gasteiger partial charge in [0.05, 0.1) is 29.5 Å². The van der Waals surface area contributed by atoms with Gasteiger partial charge in [0.25, 0.3) is 0 Å². The summed E-state index contributed by atoms with van der Waals surface area (Å²) in [6.45, 7) is 7.73. The lowest BCUT2D eigenvalue weighted by Gasteiger charge is -2.33. The molecular weight excluding hydrogens is 510 g/mol. The van der Waals surface area contributed by atoms with Crippen LogP contribution >= 0.6 is 11.6 Å². The van der Waals surface area contributed by atoms with Crippen molar-refractivity contribution in [2.45, 2.75) is 18.9 Å². The monoisotopic (exact) mass is 543 g/mol. The predicted octanol–water partition coefficient (Wildman–Crippen LogP) is 3.48. The van der Waals surface area contributed by atoms with E-state index in [4.69, 9.17) is 35.3 Å². The van der Waals surface area contributed by atoms with E-state index in [2.05, 4.69) is 27.3 Å². The van der Waals surface area contributed by atoms with Crippen molar-refractivity contribution in [2.24, 2.45) is 4.99 Å². The third-order valence-electron chi connectivity index (χ3n) is 7.30. The van der Waals surface area contributed by atoms with Crippen LogP contribution in [0.1, 0.15) is 18.4 Å². The van der Waals surface area contributed by atoms with Crippen molar-refractivity contribution < 1.29 is 23.7 Å². The number of benzene rings is 2. The van der Waals surface area contributed by atoms with E-state index in [0.717, 1.165) is 68.3 Å². The highest BCUT2D eigenvalue weighted by atomic mass is 35.5. The maximum absolute atomic E-state index is 6.56. The maximum Gasteiger partial charge on any atom is 0.231 e. The van der Waals surface area contributed by atoms with Gasteiger partial charge in [-0.3, -0.25) is 20.3 Å². The number of anilines is 2. The van der Waals surface area contributed by atoms with Crippen molar-refractivity contribution in [1.82, 2.24) is 9.80 Å². The molecule has 0 radical (unpaired) electrons. The number of nitrogens with zero attached hydrogens (tertiary/aromatic N) is 4. The van der Waals surface area contributed by atoms with E-state index in [1.807, 2.05) is 29.4 Å². The molecule has 1 N–H and O–H groups in total. The topological polar surface area (TPSA) is 80.3 Å². The zero-order chi connectivity index (χ0) is 25.9. The molecule has 0 spiro atoms. The molecule has 2 fully saturated rings. The molecule has 6 rings (SSSR count). The number of likely N-dealkylation sites (N-methyl/N-ethyl adjacent to an activating group) is 1. The van der Waals surface area contributed by atoms with Crippen LogP contribution in [0.25, 0.3) is 0 Å². The van der Waals surface area contributed by atoms with E-state index in [9.17, 15) is 0 Å². The molecule has 2 saturated heterocycles. The Bertz CT molecular complexity index is 1170. The molecule has 0 aromatic heterocycles. The van der Waals surface area contributed by atoms with E-state index in [1.165, 1.54) is 0 Å². The van der Waals surface area contributed by atoms with Crippen molar-refractivity contribution in [3.63, 3.8) is 0 Å². The highest BCUT2D eigenvalue weighted by Crippen LogP contribution is 2.45. The smallest absolute Gasteiger partial charge is 0.231 e. The van der Waals surface area contributed by atoms with Crippen LogP contribution in [-0.2, 0) is 4.74 Å². The number of piperazine rings is 1. The number of halogens is 1. The maximum atomic E-state index is 6.56. The Morgan fingerprint density at radius 3 is 2.79 bits per heavy atom. The molecule has 4 heterocycles. The second-order valence-corrected chi connectivity index (χ2v) is 10.3. The van der Waals surface area contributed by atoms with Gasteiger partial charge in [-0.15, -0.1) is 0 Å². The number of hydrogen-bond acceptors (Lipinski definition) is 10. The minimum Gasteiger partial charge on any atom is -0.492 e. The van der Waals surface area contributed by atoms with Crippen molar-refractivity contribution in [3.8, 4) is 23.0 Å². The average molecular weight is 544 g/mol. The molecule has 0 unspecified atom stereocenters. The molecule has 0 aliphatic carbocycles. The lowest BCUT2D eigenvalue weighted by molar-refractivity contribution is 0.0254. The zero-order valence-electron chi connectivity index (χ0n) is 21.7. The fourth-order valence-electron chi connectivity index (χ4n) is 5.03. The highest BCUT2D eigenvalue weighted by Gasteiger charge is 2.27. The third-order valence-corrected chi connectivity index (χ3v) is 7.61. The van der Waals surface area contributed by atoms with Gasteiger partial charge >= 0.3 is 0 Å². The van der Waals surface area contributed by atoms with Crippen LogP contribution in [-0.4, -0.2) is 95.2 Å².